The van der Waals surface area contributed by atoms with Crippen LogP contribution in [-0.4, -0.2) is 32.1 Å². The van der Waals surface area contributed by atoms with E-state index in [2.05, 4.69) is 21.2 Å². The van der Waals surface area contributed by atoms with Gasteiger partial charge in [-0.3, -0.25) is 4.79 Å². The van der Waals surface area contributed by atoms with Crippen LogP contribution in [-0.2, 0) is 9.53 Å². The molecule has 24 heavy (non-hydrogen) atoms. The van der Waals surface area contributed by atoms with Gasteiger partial charge in [-0.1, -0.05) is 12.1 Å². The maximum atomic E-state index is 12.2. The number of esters is 1. The highest BCUT2D eigenvalue weighted by Crippen LogP contribution is 2.18. The zero-order valence-electron chi connectivity index (χ0n) is 13.7. The molecule has 0 saturated carbocycles. The first kappa shape index (κ1) is 18.0. The summed E-state index contributed by atoms with van der Waals surface area (Å²) in [4.78, 5) is 26.3. The van der Waals surface area contributed by atoms with Crippen molar-refractivity contribution in [2.24, 2.45) is 0 Å². The van der Waals surface area contributed by atoms with Crippen LogP contribution < -0.4 is 10.2 Å². The minimum atomic E-state index is -0.905. The molecule has 2 aromatic carbocycles. The molecule has 0 bridgehead atoms. The SMILES string of the molecule is C[C@H](OC(=O)c1ccccc1Br)C(=O)Nc1ccc(N(C)C)cc1. The molecule has 0 fully saturated rings. The van der Waals surface area contributed by atoms with Crippen molar-refractivity contribution in [1.29, 1.82) is 0 Å². The molecule has 0 aliphatic rings. The highest BCUT2D eigenvalue weighted by atomic mass is 79.9. The van der Waals surface area contributed by atoms with E-state index < -0.39 is 12.1 Å². The van der Waals surface area contributed by atoms with Crippen LogP contribution >= 0.6 is 15.9 Å². The molecule has 6 heteroatoms. The van der Waals surface area contributed by atoms with Gasteiger partial charge in [-0.15, -0.1) is 0 Å². The minimum Gasteiger partial charge on any atom is -0.449 e. The van der Waals surface area contributed by atoms with Gasteiger partial charge in [0.05, 0.1) is 5.56 Å². The van der Waals surface area contributed by atoms with Crippen molar-refractivity contribution in [1.82, 2.24) is 0 Å². The number of rotatable bonds is 5. The number of halogens is 1. The van der Waals surface area contributed by atoms with Crippen molar-refractivity contribution in [2.45, 2.75) is 13.0 Å². The number of ether oxygens (including phenoxy) is 1. The molecule has 2 rings (SSSR count). The van der Waals surface area contributed by atoms with Gasteiger partial charge in [0.1, 0.15) is 0 Å². The Balaban J connectivity index is 1.97. The maximum Gasteiger partial charge on any atom is 0.340 e. The predicted octanol–water partition coefficient (Wildman–Crippen LogP) is 3.70. The normalized spacial score (nSPS) is 11.5. The fourth-order valence-electron chi connectivity index (χ4n) is 1.99. The maximum absolute atomic E-state index is 12.2. The number of nitrogens with zero attached hydrogens (tertiary/aromatic N) is 1. The molecular weight excluding hydrogens is 372 g/mol. The summed E-state index contributed by atoms with van der Waals surface area (Å²) in [5.74, 6) is -0.930. The largest absolute Gasteiger partial charge is 0.449 e. The molecule has 1 N–H and O–H groups in total. The van der Waals surface area contributed by atoms with E-state index >= 15 is 0 Å². The second-order valence-corrected chi connectivity index (χ2v) is 6.31. The van der Waals surface area contributed by atoms with E-state index in [0.717, 1.165) is 5.69 Å². The first-order valence-electron chi connectivity index (χ1n) is 7.42. The van der Waals surface area contributed by atoms with E-state index in [4.69, 9.17) is 4.74 Å². The summed E-state index contributed by atoms with van der Waals surface area (Å²) in [6, 6.07) is 14.3. The summed E-state index contributed by atoms with van der Waals surface area (Å²) >= 11 is 3.29. The molecule has 0 unspecified atom stereocenters. The van der Waals surface area contributed by atoms with E-state index in [-0.39, 0.29) is 5.91 Å². The summed E-state index contributed by atoms with van der Waals surface area (Å²) in [7, 11) is 3.88. The number of benzene rings is 2. The average Bonchev–Trinajstić information content (AvgIpc) is 2.55. The smallest absolute Gasteiger partial charge is 0.340 e. The molecule has 0 spiro atoms. The third-order valence-electron chi connectivity index (χ3n) is 3.40. The molecule has 2 aromatic rings. The summed E-state index contributed by atoms with van der Waals surface area (Å²) in [6.07, 6.45) is -0.905. The highest BCUT2D eigenvalue weighted by molar-refractivity contribution is 9.10. The number of carbonyl (C=O) groups is 2. The fourth-order valence-corrected chi connectivity index (χ4v) is 2.44. The standard InChI is InChI=1S/C18H19BrN2O3/c1-12(24-18(23)15-6-4-5-7-16(15)19)17(22)20-13-8-10-14(11-9-13)21(2)3/h4-12H,1-3H3,(H,20,22)/t12-/m0/s1. The summed E-state index contributed by atoms with van der Waals surface area (Å²) in [6.45, 7) is 1.54. The molecular formula is C18H19BrN2O3. The monoisotopic (exact) mass is 390 g/mol. The Morgan fingerprint density at radius 1 is 1.08 bits per heavy atom. The van der Waals surface area contributed by atoms with Crippen molar-refractivity contribution in [2.75, 3.05) is 24.3 Å². The number of carbonyl (C=O) groups excluding carboxylic acids is 2. The summed E-state index contributed by atoms with van der Waals surface area (Å²) in [5.41, 5.74) is 2.06. The molecule has 0 heterocycles. The Kier molecular flexibility index (Phi) is 5.98. The Morgan fingerprint density at radius 2 is 1.71 bits per heavy atom. The van der Waals surface area contributed by atoms with Crippen molar-refractivity contribution >= 4 is 39.2 Å². The molecule has 126 valence electrons. The van der Waals surface area contributed by atoms with Crippen molar-refractivity contribution in [3.8, 4) is 0 Å². The highest BCUT2D eigenvalue weighted by Gasteiger charge is 2.20. The molecule has 0 aromatic heterocycles. The second-order valence-electron chi connectivity index (χ2n) is 5.46. The average molecular weight is 391 g/mol. The first-order valence-corrected chi connectivity index (χ1v) is 8.21. The van der Waals surface area contributed by atoms with Gasteiger partial charge in [0, 0.05) is 29.9 Å². The lowest BCUT2D eigenvalue weighted by molar-refractivity contribution is -0.123. The lowest BCUT2D eigenvalue weighted by Crippen LogP contribution is -2.30. The zero-order valence-corrected chi connectivity index (χ0v) is 15.3. The van der Waals surface area contributed by atoms with Crippen molar-refractivity contribution < 1.29 is 14.3 Å². The van der Waals surface area contributed by atoms with Gasteiger partial charge in [0.2, 0.25) is 0 Å². The first-order chi connectivity index (χ1) is 11.4. The number of hydrogen-bond donors (Lipinski definition) is 1. The third-order valence-corrected chi connectivity index (χ3v) is 4.09. The Hall–Kier alpha value is -2.34. The van der Waals surface area contributed by atoms with Gasteiger partial charge >= 0.3 is 5.97 Å². The summed E-state index contributed by atoms with van der Waals surface area (Å²) in [5, 5.41) is 2.73. The van der Waals surface area contributed by atoms with Crippen LogP contribution in [0, 0.1) is 0 Å². The number of amides is 1. The summed E-state index contributed by atoms with van der Waals surface area (Å²) < 4.78 is 5.85. The fraction of sp³-hybridized carbons (Fsp3) is 0.222. The predicted molar refractivity (Wildman–Crippen MR) is 98.4 cm³/mol. The Bertz CT molecular complexity index is 729. The van der Waals surface area contributed by atoms with Crippen LogP contribution in [0.15, 0.2) is 53.0 Å². The lowest BCUT2D eigenvalue weighted by Gasteiger charge is -2.15. The van der Waals surface area contributed by atoms with Gasteiger partial charge in [-0.25, -0.2) is 4.79 Å². The second kappa shape index (κ2) is 7.97. The van der Waals surface area contributed by atoms with E-state index in [1.54, 1.807) is 36.4 Å². The van der Waals surface area contributed by atoms with Crippen LogP contribution in [0.4, 0.5) is 11.4 Å². The van der Waals surface area contributed by atoms with Gasteiger partial charge in [-0.05, 0) is 59.3 Å². The molecule has 0 aliphatic heterocycles. The topological polar surface area (TPSA) is 58.6 Å². The van der Waals surface area contributed by atoms with Crippen molar-refractivity contribution in [3.63, 3.8) is 0 Å². The molecule has 0 radical (unpaired) electrons. The van der Waals surface area contributed by atoms with Gasteiger partial charge < -0.3 is 15.0 Å². The number of nitrogens with one attached hydrogen (secondary N) is 1. The Morgan fingerprint density at radius 3 is 2.29 bits per heavy atom. The van der Waals surface area contributed by atoms with Crippen LogP contribution in [0.1, 0.15) is 17.3 Å². The van der Waals surface area contributed by atoms with E-state index in [1.807, 2.05) is 31.1 Å². The minimum absolute atomic E-state index is 0.381. The molecule has 0 aliphatic carbocycles. The van der Waals surface area contributed by atoms with Gasteiger partial charge in [-0.2, -0.15) is 0 Å². The van der Waals surface area contributed by atoms with Gasteiger partial charge in [0.25, 0.3) is 5.91 Å². The van der Waals surface area contributed by atoms with E-state index in [9.17, 15) is 9.59 Å². The molecule has 1 atom stereocenters. The third kappa shape index (κ3) is 4.58. The van der Waals surface area contributed by atoms with Crippen LogP contribution in [0.3, 0.4) is 0 Å². The number of hydrogen-bond acceptors (Lipinski definition) is 4. The Labute approximate surface area is 149 Å². The van der Waals surface area contributed by atoms with E-state index in [1.165, 1.54) is 6.92 Å². The number of anilines is 2. The van der Waals surface area contributed by atoms with Crippen molar-refractivity contribution in [3.05, 3.63) is 58.6 Å². The molecule has 1 amide bonds. The van der Waals surface area contributed by atoms with Gasteiger partial charge in [0.15, 0.2) is 6.10 Å². The lowest BCUT2D eigenvalue weighted by atomic mass is 10.2. The van der Waals surface area contributed by atoms with E-state index in [0.29, 0.717) is 15.7 Å². The molecule has 0 saturated heterocycles. The van der Waals surface area contributed by atoms with Crippen LogP contribution in [0.5, 0.6) is 0 Å². The molecule has 5 nitrogen and oxygen atoms in total. The van der Waals surface area contributed by atoms with Crippen LogP contribution in [0.25, 0.3) is 0 Å². The zero-order chi connectivity index (χ0) is 17.7. The quantitative estimate of drug-likeness (QED) is 0.790. The van der Waals surface area contributed by atoms with Crippen LogP contribution in [0.2, 0.25) is 0 Å².